The van der Waals surface area contributed by atoms with Crippen LogP contribution in [0.15, 0.2) is 72.8 Å². The Balaban J connectivity index is 1.33. The lowest BCUT2D eigenvalue weighted by Crippen LogP contribution is -2.30. The summed E-state index contributed by atoms with van der Waals surface area (Å²) in [7, 11) is 1.72. The molecular formula is C26H26N2O2. The Kier molecular flexibility index (Phi) is 5.16. The molecule has 30 heavy (non-hydrogen) atoms. The second-order valence-corrected chi connectivity index (χ2v) is 7.72. The largest absolute Gasteiger partial charge is 0.497 e. The van der Waals surface area contributed by atoms with Crippen LogP contribution in [0.25, 0.3) is 10.9 Å². The highest BCUT2D eigenvalue weighted by molar-refractivity contribution is 5.86. The third-order valence-corrected chi connectivity index (χ3v) is 5.87. The highest BCUT2D eigenvalue weighted by atomic mass is 16.5. The van der Waals surface area contributed by atoms with Crippen LogP contribution >= 0.6 is 0 Å². The number of hydrogen-bond acceptors (Lipinski definition) is 3. The SMILES string of the molecule is COc1ccc2[nH]c3c(c2c1)CCNC3c1ccc(OCCc2ccccc2)cc1. The maximum absolute atomic E-state index is 5.95. The number of H-pyrrole nitrogens is 1. The molecule has 4 heteroatoms. The van der Waals surface area contributed by atoms with Crippen molar-refractivity contribution in [2.75, 3.05) is 20.3 Å². The maximum Gasteiger partial charge on any atom is 0.119 e. The van der Waals surface area contributed by atoms with Crippen molar-refractivity contribution in [3.63, 3.8) is 0 Å². The number of benzene rings is 3. The minimum atomic E-state index is 0.158. The third kappa shape index (κ3) is 3.66. The van der Waals surface area contributed by atoms with Gasteiger partial charge in [-0.25, -0.2) is 0 Å². The fourth-order valence-electron chi connectivity index (χ4n) is 4.31. The summed E-state index contributed by atoms with van der Waals surface area (Å²) in [6.45, 7) is 1.64. The van der Waals surface area contributed by atoms with E-state index in [4.69, 9.17) is 9.47 Å². The van der Waals surface area contributed by atoms with Crippen molar-refractivity contribution in [1.29, 1.82) is 0 Å². The Morgan fingerprint density at radius 1 is 0.933 bits per heavy atom. The molecule has 0 amide bonds. The molecule has 1 atom stereocenters. The molecule has 152 valence electrons. The van der Waals surface area contributed by atoms with Gasteiger partial charge in [0.25, 0.3) is 0 Å². The third-order valence-electron chi connectivity index (χ3n) is 5.87. The van der Waals surface area contributed by atoms with E-state index in [1.54, 1.807) is 7.11 Å². The predicted octanol–water partition coefficient (Wildman–Crippen LogP) is 5.03. The van der Waals surface area contributed by atoms with Crippen molar-refractivity contribution in [2.24, 2.45) is 0 Å². The van der Waals surface area contributed by atoms with Crippen LogP contribution in [0.5, 0.6) is 11.5 Å². The highest BCUT2D eigenvalue weighted by Crippen LogP contribution is 2.35. The fraction of sp³-hybridized carbons (Fsp3) is 0.231. The summed E-state index contributed by atoms with van der Waals surface area (Å²) < 4.78 is 11.4. The maximum atomic E-state index is 5.95. The molecule has 1 unspecified atom stereocenters. The van der Waals surface area contributed by atoms with E-state index in [1.807, 2.05) is 12.1 Å². The standard InChI is InChI=1S/C26H26N2O2/c1-29-21-11-12-24-23(17-21)22-13-15-27-25(26(22)28-24)19-7-9-20(10-8-19)30-16-14-18-5-3-2-4-6-18/h2-12,17,25,27-28H,13-16H2,1H3. The number of fused-ring (bicyclic) bond motifs is 3. The molecule has 0 saturated heterocycles. The molecule has 5 rings (SSSR count). The van der Waals surface area contributed by atoms with Gasteiger partial charge in [-0.1, -0.05) is 42.5 Å². The monoisotopic (exact) mass is 398 g/mol. The Morgan fingerprint density at radius 3 is 2.53 bits per heavy atom. The number of rotatable bonds is 6. The van der Waals surface area contributed by atoms with Crippen LogP contribution in [0.3, 0.4) is 0 Å². The molecule has 3 aromatic carbocycles. The smallest absolute Gasteiger partial charge is 0.119 e. The van der Waals surface area contributed by atoms with Gasteiger partial charge in [-0.3, -0.25) is 0 Å². The minimum Gasteiger partial charge on any atom is -0.497 e. The molecule has 0 spiro atoms. The van der Waals surface area contributed by atoms with Crippen LogP contribution < -0.4 is 14.8 Å². The van der Waals surface area contributed by atoms with Crippen molar-refractivity contribution < 1.29 is 9.47 Å². The summed E-state index contributed by atoms with van der Waals surface area (Å²) in [5.41, 5.74) is 6.34. The average molecular weight is 399 g/mol. The lowest BCUT2D eigenvalue weighted by atomic mass is 9.94. The molecule has 4 aromatic rings. The Labute approximate surface area is 176 Å². The van der Waals surface area contributed by atoms with E-state index >= 15 is 0 Å². The molecule has 1 aliphatic rings. The van der Waals surface area contributed by atoms with Gasteiger partial charge in [-0.05, 0) is 53.4 Å². The summed E-state index contributed by atoms with van der Waals surface area (Å²) in [5, 5.41) is 4.92. The van der Waals surface area contributed by atoms with Crippen molar-refractivity contribution in [1.82, 2.24) is 10.3 Å². The zero-order valence-electron chi connectivity index (χ0n) is 17.2. The lowest BCUT2D eigenvalue weighted by molar-refractivity contribution is 0.322. The van der Waals surface area contributed by atoms with Crippen LogP contribution in [0.1, 0.15) is 28.4 Å². The summed E-state index contributed by atoms with van der Waals surface area (Å²) in [6, 6.07) is 25.3. The number of ether oxygens (including phenoxy) is 2. The van der Waals surface area contributed by atoms with Gasteiger partial charge in [0.2, 0.25) is 0 Å². The van der Waals surface area contributed by atoms with Gasteiger partial charge < -0.3 is 19.8 Å². The number of aromatic nitrogens is 1. The van der Waals surface area contributed by atoms with Crippen LogP contribution in [0.4, 0.5) is 0 Å². The zero-order valence-corrected chi connectivity index (χ0v) is 17.2. The zero-order chi connectivity index (χ0) is 20.3. The number of methoxy groups -OCH3 is 1. The second kappa shape index (κ2) is 8.25. The van der Waals surface area contributed by atoms with E-state index in [0.29, 0.717) is 6.61 Å². The van der Waals surface area contributed by atoms with E-state index in [9.17, 15) is 0 Å². The molecule has 1 aromatic heterocycles. The van der Waals surface area contributed by atoms with Crippen molar-refractivity contribution in [2.45, 2.75) is 18.9 Å². The summed E-state index contributed by atoms with van der Waals surface area (Å²) in [6.07, 6.45) is 1.92. The van der Waals surface area contributed by atoms with E-state index in [1.165, 1.54) is 27.8 Å². The number of hydrogen-bond donors (Lipinski definition) is 2. The molecule has 2 N–H and O–H groups in total. The van der Waals surface area contributed by atoms with Gasteiger partial charge in [0, 0.05) is 29.6 Å². The fourth-order valence-corrected chi connectivity index (χ4v) is 4.31. The van der Waals surface area contributed by atoms with Crippen LogP contribution in [-0.2, 0) is 12.8 Å². The average Bonchev–Trinajstić information content (AvgIpc) is 3.18. The van der Waals surface area contributed by atoms with Crippen LogP contribution in [0.2, 0.25) is 0 Å². The summed E-state index contributed by atoms with van der Waals surface area (Å²) >= 11 is 0. The minimum absolute atomic E-state index is 0.158. The molecule has 1 aliphatic heterocycles. The Morgan fingerprint density at radius 2 is 1.73 bits per heavy atom. The first-order chi connectivity index (χ1) is 14.8. The second-order valence-electron chi connectivity index (χ2n) is 7.72. The molecule has 0 bridgehead atoms. The lowest BCUT2D eigenvalue weighted by Gasteiger charge is -2.25. The topological polar surface area (TPSA) is 46.3 Å². The van der Waals surface area contributed by atoms with E-state index in [0.717, 1.165) is 36.4 Å². The quantitative estimate of drug-likeness (QED) is 0.479. The van der Waals surface area contributed by atoms with Gasteiger partial charge in [0.1, 0.15) is 11.5 Å². The van der Waals surface area contributed by atoms with Crippen LogP contribution in [-0.4, -0.2) is 25.2 Å². The predicted molar refractivity (Wildman–Crippen MR) is 120 cm³/mol. The first-order valence-electron chi connectivity index (χ1n) is 10.5. The van der Waals surface area contributed by atoms with E-state index < -0.39 is 0 Å². The number of nitrogens with one attached hydrogen (secondary N) is 2. The van der Waals surface area contributed by atoms with Gasteiger partial charge in [-0.15, -0.1) is 0 Å². The number of aromatic amines is 1. The Bertz CT molecular complexity index is 1130. The van der Waals surface area contributed by atoms with Crippen molar-refractivity contribution in [3.05, 3.63) is 95.2 Å². The first-order valence-corrected chi connectivity index (χ1v) is 10.5. The summed E-state index contributed by atoms with van der Waals surface area (Å²) in [4.78, 5) is 3.63. The van der Waals surface area contributed by atoms with E-state index in [-0.39, 0.29) is 6.04 Å². The van der Waals surface area contributed by atoms with Crippen LogP contribution in [0, 0.1) is 0 Å². The normalized spacial score (nSPS) is 15.7. The van der Waals surface area contributed by atoms with Crippen molar-refractivity contribution in [3.8, 4) is 11.5 Å². The highest BCUT2D eigenvalue weighted by Gasteiger charge is 2.25. The van der Waals surface area contributed by atoms with Crippen molar-refractivity contribution >= 4 is 10.9 Å². The molecule has 2 heterocycles. The van der Waals surface area contributed by atoms with Gasteiger partial charge in [0.15, 0.2) is 0 Å². The molecular weight excluding hydrogens is 372 g/mol. The van der Waals surface area contributed by atoms with Gasteiger partial charge in [-0.2, -0.15) is 0 Å². The summed E-state index contributed by atoms with van der Waals surface area (Å²) in [5.74, 6) is 1.81. The molecule has 0 fully saturated rings. The Hall–Kier alpha value is -3.24. The molecule has 0 saturated carbocycles. The molecule has 0 aliphatic carbocycles. The first kappa shape index (κ1) is 18.8. The van der Waals surface area contributed by atoms with Gasteiger partial charge >= 0.3 is 0 Å². The molecule has 0 radical (unpaired) electrons. The van der Waals surface area contributed by atoms with E-state index in [2.05, 4.69) is 71.0 Å². The van der Waals surface area contributed by atoms with Gasteiger partial charge in [0.05, 0.1) is 19.8 Å². The molecule has 4 nitrogen and oxygen atoms in total.